The van der Waals surface area contributed by atoms with Crippen molar-refractivity contribution >= 4 is 52.4 Å². The van der Waals surface area contributed by atoms with Crippen LogP contribution in [0.2, 0.25) is 10.0 Å². The smallest absolute Gasteiger partial charge is 0.481 e. The second kappa shape index (κ2) is 7.64. The standard InChI is InChI=1S/C12H7Cl4F3O3/c13-7-3-6(22-12(17,18)19)4-8(14)11(7)5(1-9(15)16)2-10(20)21/h1,3-5H,2H2,(H,20,21). The summed E-state index contributed by atoms with van der Waals surface area (Å²) in [6, 6.07) is 1.75. The first-order chi connectivity index (χ1) is 9.99. The SMILES string of the molecule is O=C(O)CC(C=C(Cl)Cl)c1c(Cl)cc(OC(F)(F)F)cc1Cl. The molecule has 1 aromatic rings. The fraction of sp³-hybridized carbons (Fsp3) is 0.250. The van der Waals surface area contributed by atoms with Crippen LogP contribution in [0.5, 0.6) is 5.75 Å². The number of ether oxygens (including phenoxy) is 1. The molecule has 0 saturated heterocycles. The molecule has 22 heavy (non-hydrogen) atoms. The van der Waals surface area contributed by atoms with Crippen molar-refractivity contribution in [1.82, 2.24) is 0 Å². The van der Waals surface area contributed by atoms with Gasteiger partial charge in [-0.1, -0.05) is 46.4 Å². The van der Waals surface area contributed by atoms with Crippen molar-refractivity contribution in [1.29, 1.82) is 0 Å². The molecule has 0 radical (unpaired) electrons. The Labute approximate surface area is 143 Å². The lowest BCUT2D eigenvalue weighted by Gasteiger charge is -2.17. The minimum absolute atomic E-state index is 0.0825. The molecule has 0 amide bonds. The van der Waals surface area contributed by atoms with E-state index >= 15 is 0 Å². The maximum atomic E-state index is 12.2. The highest BCUT2D eigenvalue weighted by molar-refractivity contribution is 6.55. The summed E-state index contributed by atoms with van der Waals surface area (Å²) in [6.07, 6.45) is -4.19. The maximum absolute atomic E-state index is 12.2. The predicted octanol–water partition coefficient (Wildman–Crippen LogP) is 5.77. The molecule has 1 unspecified atom stereocenters. The Hall–Kier alpha value is -0.820. The van der Waals surface area contributed by atoms with Gasteiger partial charge < -0.3 is 9.84 Å². The number of rotatable bonds is 5. The summed E-state index contributed by atoms with van der Waals surface area (Å²) >= 11 is 22.8. The second-order valence-corrected chi connectivity index (χ2v) is 5.83. The molecular weight excluding hydrogens is 391 g/mol. The number of carbonyl (C=O) groups is 1. The fourth-order valence-corrected chi connectivity index (χ4v) is 2.74. The Morgan fingerprint density at radius 2 is 1.77 bits per heavy atom. The summed E-state index contributed by atoms with van der Waals surface area (Å²) in [5.41, 5.74) is 0.0825. The third-order valence-corrected chi connectivity index (χ3v) is 3.26. The molecule has 0 aliphatic carbocycles. The minimum atomic E-state index is -4.91. The molecule has 0 spiro atoms. The van der Waals surface area contributed by atoms with Crippen LogP contribution in [0, 0.1) is 0 Å². The summed E-state index contributed by atoms with van der Waals surface area (Å²) in [6.45, 7) is 0. The summed E-state index contributed by atoms with van der Waals surface area (Å²) in [5, 5.41) is 8.46. The number of benzene rings is 1. The largest absolute Gasteiger partial charge is 0.573 e. The van der Waals surface area contributed by atoms with Crippen molar-refractivity contribution in [3.8, 4) is 5.75 Å². The highest BCUT2D eigenvalue weighted by Crippen LogP contribution is 2.39. The van der Waals surface area contributed by atoms with E-state index in [2.05, 4.69) is 4.74 Å². The van der Waals surface area contributed by atoms with Gasteiger partial charge in [-0.15, -0.1) is 13.2 Å². The molecule has 0 aliphatic rings. The van der Waals surface area contributed by atoms with E-state index in [1.54, 1.807) is 0 Å². The average Bonchev–Trinajstić information content (AvgIpc) is 2.22. The van der Waals surface area contributed by atoms with Crippen LogP contribution in [0.25, 0.3) is 0 Å². The van der Waals surface area contributed by atoms with Gasteiger partial charge in [-0.25, -0.2) is 0 Å². The molecule has 0 heterocycles. The summed E-state index contributed by atoms with van der Waals surface area (Å²) in [4.78, 5) is 10.9. The van der Waals surface area contributed by atoms with Crippen molar-refractivity contribution in [2.75, 3.05) is 0 Å². The van der Waals surface area contributed by atoms with Crippen LogP contribution in [0.1, 0.15) is 17.9 Å². The molecule has 0 aliphatic heterocycles. The van der Waals surface area contributed by atoms with Gasteiger partial charge in [-0.2, -0.15) is 0 Å². The summed E-state index contributed by atoms with van der Waals surface area (Å²) in [5.74, 6) is -2.73. The fourth-order valence-electron chi connectivity index (χ4n) is 1.69. The zero-order valence-corrected chi connectivity index (χ0v) is 13.4. The molecule has 3 nitrogen and oxygen atoms in total. The van der Waals surface area contributed by atoms with E-state index in [1.807, 2.05) is 0 Å². The van der Waals surface area contributed by atoms with Crippen LogP contribution in [0.4, 0.5) is 13.2 Å². The van der Waals surface area contributed by atoms with E-state index in [-0.39, 0.29) is 20.1 Å². The van der Waals surface area contributed by atoms with Crippen LogP contribution in [-0.4, -0.2) is 17.4 Å². The first kappa shape index (κ1) is 19.2. The van der Waals surface area contributed by atoms with E-state index in [0.717, 1.165) is 12.1 Å². The quantitative estimate of drug-likeness (QED) is 0.685. The van der Waals surface area contributed by atoms with E-state index in [1.165, 1.54) is 6.08 Å². The lowest BCUT2D eigenvalue weighted by Crippen LogP contribution is -2.17. The van der Waals surface area contributed by atoms with Crippen LogP contribution >= 0.6 is 46.4 Å². The Morgan fingerprint density at radius 1 is 1.27 bits per heavy atom. The summed E-state index contributed by atoms with van der Waals surface area (Å²) < 4.78 is 40.0. The van der Waals surface area contributed by atoms with Gasteiger partial charge in [0.25, 0.3) is 0 Å². The molecule has 0 bridgehead atoms. The molecule has 1 rings (SSSR count). The first-order valence-electron chi connectivity index (χ1n) is 5.49. The molecule has 0 fully saturated rings. The highest BCUT2D eigenvalue weighted by atomic mass is 35.5. The second-order valence-electron chi connectivity index (χ2n) is 4.01. The number of carboxylic acid groups (broad SMARTS) is 1. The zero-order chi connectivity index (χ0) is 17.1. The number of hydrogen-bond donors (Lipinski definition) is 1. The molecule has 1 atom stereocenters. The first-order valence-corrected chi connectivity index (χ1v) is 7.00. The van der Waals surface area contributed by atoms with Crippen LogP contribution < -0.4 is 4.74 Å². The number of halogens is 7. The van der Waals surface area contributed by atoms with Crippen LogP contribution in [0.3, 0.4) is 0 Å². The lowest BCUT2D eigenvalue weighted by atomic mass is 9.95. The number of carboxylic acids is 1. The lowest BCUT2D eigenvalue weighted by molar-refractivity contribution is -0.274. The van der Waals surface area contributed by atoms with E-state index in [0.29, 0.717) is 0 Å². The van der Waals surface area contributed by atoms with Crippen LogP contribution in [-0.2, 0) is 4.79 Å². The van der Waals surface area contributed by atoms with Gasteiger partial charge in [0.1, 0.15) is 10.2 Å². The van der Waals surface area contributed by atoms with Crippen molar-refractivity contribution in [3.05, 3.63) is 38.3 Å². The highest BCUT2D eigenvalue weighted by Gasteiger charge is 2.32. The molecule has 0 aromatic heterocycles. The minimum Gasteiger partial charge on any atom is -0.481 e. The van der Waals surface area contributed by atoms with Crippen molar-refractivity contribution < 1.29 is 27.8 Å². The Bertz CT molecular complexity index is 575. The molecule has 1 aromatic carbocycles. The normalized spacial score (nSPS) is 12.7. The predicted molar refractivity (Wildman–Crippen MR) is 77.9 cm³/mol. The van der Waals surface area contributed by atoms with Gasteiger partial charge in [-0.3, -0.25) is 4.79 Å². The number of alkyl halides is 3. The van der Waals surface area contributed by atoms with Gasteiger partial charge in [-0.05, 0) is 23.8 Å². The van der Waals surface area contributed by atoms with E-state index in [4.69, 9.17) is 51.5 Å². The number of hydrogen-bond acceptors (Lipinski definition) is 2. The maximum Gasteiger partial charge on any atom is 0.573 e. The molecule has 122 valence electrons. The Kier molecular flexibility index (Phi) is 6.67. The Balaban J connectivity index is 3.27. The number of allylic oxidation sites excluding steroid dienone is 1. The molecule has 1 N–H and O–H groups in total. The monoisotopic (exact) mass is 396 g/mol. The van der Waals surface area contributed by atoms with E-state index < -0.39 is 30.4 Å². The zero-order valence-electron chi connectivity index (χ0n) is 10.4. The third kappa shape index (κ3) is 6.12. The van der Waals surface area contributed by atoms with Crippen molar-refractivity contribution in [3.63, 3.8) is 0 Å². The topological polar surface area (TPSA) is 46.5 Å². The van der Waals surface area contributed by atoms with Crippen molar-refractivity contribution in [2.45, 2.75) is 18.7 Å². The van der Waals surface area contributed by atoms with Gasteiger partial charge >= 0.3 is 12.3 Å². The number of aliphatic carboxylic acids is 1. The summed E-state index contributed by atoms with van der Waals surface area (Å²) in [7, 11) is 0. The molecule has 0 saturated carbocycles. The van der Waals surface area contributed by atoms with Gasteiger partial charge in [0.2, 0.25) is 0 Å². The van der Waals surface area contributed by atoms with Gasteiger partial charge in [0.05, 0.1) is 6.42 Å². The molecule has 10 heteroatoms. The third-order valence-electron chi connectivity index (χ3n) is 2.38. The molecular formula is C12H7Cl4F3O3. The average molecular weight is 398 g/mol. The van der Waals surface area contributed by atoms with Gasteiger partial charge in [0, 0.05) is 16.0 Å². The Morgan fingerprint density at radius 3 is 2.14 bits per heavy atom. The van der Waals surface area contributed by atoms with Crippen molar-refractivity contribution in [2.24, 2.45) is 0 Å². The van der Waals surface area contributed by atoms with Gasteiger partial charge in [0.15, 0.2) is 0 Å². The van der Waals surface area contributed by atoms with E-state index in [9.17, 15) is 18.0 Å². The van der Waals surface area contributed by atoms with Crippen LogP contribution in [0.15, 0.2) is 22.7 Å².